The van der Waals surface area contributed by atoms with Crippen LogP contribution in [0.2, 0.25) is 0 Å². The maximum atomic E-state index is 13.6. The average Bonchev–Trinajstić information content (AvgIpc) is 2.86. The van der Waals surface area contributed by atoms with E-state index < -0.39 is 16.0 Å². The first-order chi connectivity index (χ1) is 18.5. The van der Waals surface area contributed by atoms with Crippen molar-refractivity contribution in [2.45, 2.75) is 25.7 Å². The van der Waals surface area contributed by atoms with Crippen LogP contribution in [0.4, 0.5) is 34.1 Å². The monoisotopic (exact) mass is 551 g/mol. The second-order valence-electron chi connectivity index (χ2n) is 8.40. The molecule has 0 atom stereocenters. The number of carbonyl (C=O) groups excluding carboxylic acids is 2. The van der Waals surface area contributed by atoms with Crippen molar-refractivity contribution in [3.63, 3.8) is 0 Å². The summed E-state index contributed by atoms with van der Waals surface area (Å²) in [6, 6.07) is 15.0. The third kappa shape index (κ3) is 8.07. The van der Waals surface area contributed by atoms with Gasteiger partial charge >= 0.3 is 5.97 Å². The number of rotatable bonds is 11. The van der Waals surface area contributed by atoms with Crippen molar-refractivity contribution in [1.29, 1.82) is 0 Å². The Morgan fingerprint density at radius 1 is 0.821 bits per heavy atom. The molecule has 0 spiro atoms. The Labute approximate surface area is 226 Å². The lowest BCUT2D eigenvalue weighted by Crippen LogP contribution is -2.17. The Morgan fingerprint density at radius 2 is 1.33 bits per heavy atom. The van der Waals surface area contributed by atoms with Crippen LogP contribution in [0.3, 0.4) is 0 Å². The Kier molecular flexibility index (Phi) is 9.29. The van der Waals surface area contributed by atoms with Crippen molar-refractivity contribution in [1.82, 2.24) is 0 Å². The van der Waals surface area contributed by atoms with Gasteiger partial charge in [0.15, 0.2) is 0 Å². The molecule has 3 aromatic carbocycles. The number of hydrogen-bond donors (Lipinski definition) is 6. The normalized spacial score (nSPS) is 11.1. The van der Waals surface area contributed by atoms with E-state index in [4.69, 9.17) is 0 Å². The van der Waals surface area contributed by atoms with Gasteiger partial charge in [-0.25, -0.2) is 13.2 Å². The van der Waals surface area contributed by atoms with E-state index in [9.17, 15) is 27.9 Å². The molecule has 3 rings (SSSR count). The Balaban J connectivity index is 2.07. The van der Waals surface area contributed by atoms with E-state index in [0.29, 0.717) is 23.6 Å². The van der Waals surface area contributed by atoms with E-state index in [0.717, 1.165) is 6.07 Å². The lowest BCUT2D eigenvalue weighted by molar-refractivity contribution is -0.115. The van der Waals surface area contributed by atoms with Gasteiger partial charge < -0.3 is 26.4 Å². The Morgan fingerprint density at radius 3 is 1.82 bits per heavy atom. The molecule has 204 valence electrons. The minimum absolute atomic E-state index is 0.124. The molecule has 0 heterocycles. The largest absolute Gasteiger partial charge is 0.478 e. The van der Waals surface area contributed by atoms with Crippen LogP contribution in [0.15, 0.2) is 77.7 Å². The highest BCUT2D eigenvalue weighted by Gasteiger charge is 2.25. The first-order valence-electron chi connectivity index (χ1n) is 11.8. The van der Waals surface area contributed by atoms with Gasteiger partial charge in [0.05, 0.1) is 16.9 Å². The predicted octanol–water partition coefficient (Wildman–Crippen LogP) is 4.83. The second kappa shape index (κ2) is 12.6. The summed E-state index contributed by atoms with van der Waals surface area (Å²) in [5, 5.41) is 21.1. The summed E-state index contributed by atoms with van der Waals surface area (Å²) < 4.78 is 29.7. The molecule has 0 fully saturated rings. The van der Waals surface area contributed by atoms with Gasteiger partial charge in [-0.15, -0.1) is 0 Å². The molecule has 0 bridgehead atoms. The molecule has 11 nitrogen and oxygen atoms in total. The lowest BCUT2D eigenvalue weighted by Gasteiger charge is -2.20. The van der Waals surface area contributed by atoms with Gasteiger partial charge in [-0.1, -0.05) is 12.2 Å². The van der Waals surface area contributed by atoms with Crippen LogP contribution in [0.5, 0.6) is 0 Å². The van der Waals surface area contributed by atoms with E-state index in [1.165, 1.54) is 44.2 Å². The molecule has 0 saturated carbocycles. The second-order valence-corrected chi connectivity index (χ2v) is 10.1. The fourth-order valence-corrected chi connectivity index (χ4v) is 4.79. The number of amides is 2. The fraction of sp³-hybridized carbons (Fsp3) is 0.148. The smallest absolute Gasteiger partial charge is 0.335 e. The van der Waals surface area contributed by atoms with E-state index in [-0.39, 0.29) is 39.3 Å². The molecule has 0 aromatic heterocycles. The quantitative estimate of drug-likeness (QED) is 0.184. The molecule has 0 saturated heterocycles. The van der Waals surface area contributed by atoms with Crippen LogP contribution in [0.25, 0.3) is 0 Å². The number of aromatic carboxylic acids is 1. The third-order valence-electron chi connectivity index (χ3n) is 5.22. The highest BCUT2D eigenvalue weighted by molar-refractivity contribution is 7.93. The Hall–Kier alpha value is -4.84. The first kappa shape index (κ1) is 28.7. The fourth-order valence-electron chi connectivity index (χ4n) is 3.53. The average molecular weight is 552 g/mol. The van der Waals surface area contributed by atoms with Crippen LogP contribution in [0, 0.1) is 0 Å². The van der Waals surface area contributed by atoms with E-state index in [1.54, 1.807) is 36.4 Å². The number of carboxylic acid groups (broad SMARTS) is 1. The zero-order valence-electron chi connectivity index (χ0n) is 21.5. The van der Waals surface area contributed by atoms with Gasteiger partial charge in [0.1, 0.15) is 4.90 Å². The summed E-state index contributed by atoms with van der Waals surface area (Å²) in [7, 11) is -4.31. The number of hydrogen-bond acceptors (Lipinski definition) is 7. The molecule has 3 aromatic rings. The summed E-state index contributed by atoms with van der Waals surface area (Å²) in [4.78, 5) is 34.2. The lowest BCUT2D eigenvalue weighted by atomic mass is 10.1. The number of anilines is 6. The summed E-state index contributed by atoms with van der Waals surface area (Å²) in [5.74, 6) is -1.81. The molecule has 6 N–H and O–H groups in total. The van der Waals surface area contributed by atoms with Crippen molar-refractivity contribution < 1.29 is 27.9 Å². The summed E-state index contributed by atoms with van der Waals surface area (Å²) in [5.41, 5.74) is 1.89. The molecule has 0 aliphatic rings. The van der Waals surface area contributed by atoms with Crippen LogP contribution >= 0.6 is 0 Å². The number of carbonyl (C=O) groups is 3. The van der Waals surface area contributed by atoms with Crippen LogP contribution < -0.4 is 26.0 Å². The van der Waals surface area contributed by atoms with Gasteiger partial charge in [0.25, 0.3) is 10.0 Å². The molecule has 0 unspecified atom stereocenters. The summed E-state index contributed by atoms with van der Waals surface area (Å²) >= 11 is 0. The highest BCUT2D eigenvalue weighted by atomic mass is 32.2. The van der Waals surface area contributed by atoms with E-state index >= 15 is 0 Å². The topological polar surface area (TPSA) is 166 Å². The van der Waals surface area contributed by atoms with Crippen molar-refractivity contribution in [2.24, 2.45) is 0 Å². The van der Waals surface area contributed by atoms with Crippen LogP contribution in [-0.2, 0) is 19.6 Å². The van der Waals surface area contributed by atoms with Gasteiger partial charge in [0, 0.05) is 43.1 Å². The van der Waals surface area contributed by atoms with Crippen LogP contribution in [-0.4, -0.2) is 37.9 Å². The standard InChI is InChI=1S/C27H29N5O6S/c1-4-5-14-28-24-15-19(27(35)36)16-25(26(24)31-22-8-6-20(7-9-22)29-17(2)33)39(37,38)32-23-12-10-21(11-13-23)30-18(3)34/h4-13,15-16,28,31-32H,14H2,1-3H3,(H,29,33)(H,30,34)(H,35,36). The molecular weight excluding hydrogens is 522 g/mol. The molecule has 0 aliphatic carbocycles. The SMILES string of the molecule is CC=CCNc1cc(C(=O)O)cc(S(=O)(=O)Nc2ccc(NC(C)=O)cc2)c1Nc1ccc(NC(C)=O)cc1. The van der Waals surface area contributed by atoms with Gasteiger partial charge in [0.2, 0.25) is 11.8 Å². The van der Waals surface area contributed by atoms with E-state index in [1.807, 2.05) is 6.92 Å². The summed E-state index contributed by atoms with van der Waals surface area (Å²) in [6.07, 6.45) is 3.59. The molecule has 39 heavy (non-hydrogen) atoms. The third-order valence-corrected chi connectivity index (χ3v) is 6.62. The molecule has 12 heteroatoms. The zero-order valence-corrected chi connectivity index (χ0v) is 22.3. The minimum atomic E-state index is -4.31. The number of nitrogens with one attached hydrogen (secondary N) is 5. The number of carboxylic acids is 1. The first-order valence-corrected chi connectivity index (χ1v) is 13.3. The summed E-state index contributed by atoms with van der Waals surface area (Å²) in [6.45, 7) is 4.88. The molecular formula is C27H29N5O6S. The van der Waals surface area contributed by atoms with Crippen molar-refractivity contribution >= 4 is 61.9 Å². The van der Waals surface area contributed by atoms with E-state index in [2.05, 4.69) is 26.0 Å². The number of sulfonamides is 1. The van der Waals surface area contributed by atoms with Crippen molar-refractivity contribution in [3.8, 4) is 0 Å². The zero-order chi connectivity index (χ0) is 28.6. The van der Waals surface area contributed by atoms with Gasteiger partial charge in [-0.3, -0.25) is 14.3 Å². The highest BCUT2D eigenvalue weighted by Crippen LogP contribution is 2.36. The maximum absolute atomic E-state index is 13.6. The van der Waals surface area contributed by atoms with Crippen LogP contribution in [0.1, 0.15) is 31.1 Å². The molecule has 2 amide bonds. The van der Waals surface area contributed by atoms with Gasteiger partial charge in [-0.2, -0.15) is 0 Å². The maximum Gasteiger partial charge on any atom is 0.335 e. The van der Waals surface area contributed by atoms with Crippen molar-refractivity contribution in [3.05, 3.63) is 78.4 Å². The van der Waals surface area contributed by atoms with Gasteiger partial charge in [-0.05, 0) is 67.6 Å². The number of allylic oxidation sites excluding steroid dienone is 1. The number of benzene rings is 3. The molecule has 0 radical (unpaired) electrons. The predicted molar refractivity (Wildman–Crippen MR) is 152 cm³/mol. The van der Waals surface area contributed by atoms with Crippen molar-refractivity contribution in [2.75, 3.05) is 32.5 Å². The minimum Gasteiger partial charge on any atom is -0.478 e. The Bertz CT molecular complexity index is 1500. The molecule has 0 aliphatic heterocycles.